The van der Waals surface area contributed by atoms with Gasteiger partial charge in [-0.05, 0) is 10.8 Å². The molecule has 0 N–H and O–H groups in total. The molecule has 18 heteroatoms. The summed E-state index contributed by atoms with van der Waals surface area (Å²) in [5.74, 6) is -1.98. The minimum Gasteiger partial charge on any atom is -0.871 e. The molecule has 0 aromatic heterocycles. The summed E-state index contributed by atoms with van der Waals surface area (Å²) < 4.78 is 8.93. The van der Waals surface area contributed by atoms with Crippen molar-refractivity contribution in [1.82, 2.24) is 0 Å². The molecule has 0 saturated heterocycles. The van der Waals surface area contributed by atoms with E-state index in [0.29, 0.717) is 0 Å². The zero-order valence-corrected chi connectivity index (χ0v) is 32.0. The van der Waals surface area contributed by atoms with Gasteiger partial charge >= 0.3 is 124 Å². The molecule has 4 rings (SSSR count). The number of carboxylic acid groups (broad SMARTS) is 2. The Bertz CT molecular complexity index is 1790. The Morgan fingerprint density at radius 1 is 0.533 bits per heavy atom. The minimum atomic E-state index is -1.93. The van der Waals surface area contributed by atoms with Gasteiger partial charge in [0.05, 0.1) is 45.9 Å². The van der Waals surface area contributed by atoms with Crippen molar-refractivity contribution in [3.63, 3.8) is 0 Å². The van der Waals surface area contributed by atoms with Crippen LogP contribution in [0, 0.1) is 45.3 Å². The molecule has 200 valence electrons. The Morgan fingerprint density at radius 2 is 0.778 bits per heavy atom. The van der Waals surface area contributed by atoms with Crippen molar-refractivity contribution in [1.29, 1.82) is 21.0 Å². The summed E-state index contributed by atoms with van der Waals surface area (Å²) in [6, 6.07) is 18.3. The van der Waals surface area contributed by atoms with Gasteiger partial charge in [0.15, 0.2) is 0 Å². The number of hydrogen-bond acceptors (Lipinski definition) is 14. The third-order valence-electron chi connectivity index (χ3n) is 5.06. The molecule has 0 aliphatic carbocycles. The summed E-state index contributed by atoms with van der Waals surface area (Å²) in [6.45, 7) is 0. The van der Waals surface area contributed by atoms with Crippen LogP contribution in [-0.2, 0) is 9.59 Å². The third kappa shape index (κ3) is 11.0. The molecule has 0 aliphatic rings. The topological polar surface area (TPSA) is 274 Å². The first-order valence-corrected chi connectivity index (χ1v) is 10.5. The quantitative estimate of drug-likeness (QED) is 0.112. The fourth-order valence-corrected chi connectivity index (χ4v) is 3.56. The normalized spacial score (nSPS) is 8.27. The minimum absolute atomic E-state index is 0. The maximum Gasteiger partial charge on any atom is 1.00 e. The molecule has 0 heterocycles. The van der Waals surface area contributed by atoms with Crippen LogP contribution >= 0.6 is 0 Å². The predicted molar refractivity (Wildman–Crippen MR) is 123 cm³/mol. The third-order valence-corrected chi connectivity index (χ3v) is 5.06. The molecule has 4 aromatic carbocycles. The van der Waals surface area contributed by atoms with Crippen molar-refractivity contribution in [2.24, 2.45) is 0 Å². The van der Waals surface area contributed by atoms with Crippen LogP contribution in [0.4, 0.5) is 9.59 Å². The SMILES string of the molecule is N#Cc1c(C#N)c(OC(=O)[O-])c2ccccc2c1OC(=O)[O-].N#Cc1c(C#N)c([O-])c2ccccc2c1[O-].O=C=O.[Na+].[Na+].[Na+].[Na+]. The van der Waals surface area contributed by atoms with E-state index in [2.05, 4.69) is 9.47 Å². The smallest absolute Gasteiger partial charge is 0.871 e. The molecule has 0 saturated carbocycles. The summed E-state index contributed by atoms with van der Waals surface area (Å²) in [5, 5.41) is 81.3. The van der Waals surface area contributed by atoms with Crippen molar-refractivity contribution in [3.05, 3.63) is 70.8 Å². The molecule has 14 nitrogen and oxygen atoms in total. The van der Waals surface area contributed by atoms with E-state index in [1.165, 1.54) is 36.4 Å². The zero-order valence-electron chi connectivity index (χ0n) is 24.0. The summed E-state index contributed by atoms with van der Waals surface area (Å²) in [5.41, 5.74) is -1.71. The van der Waals surface area contributed by atoms with E-state index in [0.717, 1.165) is 0 Å². The van der Waals surface area contributed by atoms with Crippen LogP contribution < -0.4 is 148 Å². The van der Waals surface area contributed by atoms with E-state index in [1.807, 2.05) is 0 Å². The molecule has 0 unspecified atom stereocenters. The van der Waals surface area contributed by atoms with E-state index < -0.39 is 46.4 Å². The van der Waals surface area contributed by atoms with Crippen LogP contribution in [0.15, 0.2) is 48.5 Å². The zero-order chi connectivity index (χ0) is 30.7. The predicted octanol–water partition coefficient (Wildman–Crippen LogP) is -11.8. The van der Waals surface area contributed by atoms with E-state index in [4.69, 9.17) is 30.6 Å². The first-order chi connectivity index (χ1) is 19.6. The van der Waals surface area contributed by atoms with E-state index in [-0.39, 0.29) is 157 Å². The molecule has 0 amide bonds. The van der Waals surface area contributed by atoms with Crippen molar-refractivity contribution in [2.75, 3.05) is 0 Å². The molecule has 45 heavy (non-hydrogen) atoms. The monoisotopic (exact) mass is 640 g/mol. The molecular weight excluding hydrogens is 632 g/mol. The summed E-state index contributed by atoms with van der Waals surface area (Å²) in [4.78, 5) is 37.6. The van der Waals surface area contributed by atoms with Gasteiger partial charge in [-0.25, -0.2) is 0 Å². The average molecular weight is 640 g/mol. The number of hydrogen-bond donors (Lipinski definition) is 0. The molecule has 0 radical (unpaired) electrons. The van der Waals surface area contributed by atoms with Gasteiger partial charge in [0.2, 0.25) is 0 Å². The van der Waals surface area contributed by atoms with Crippen LogP contribution in [0.5, 0.6) is 23.0 Å². The second kappa shape index (κ2) is 22.4. The van der Waals surface area contributed by atoms with Gasteiger partial charge in [-0.3, -0.25) is 0 Å². The van der Waals surface area contributed by atoms with Gasteiger partial charge in [-0.1, -0.05) is 60.0 Å². The number of carbonyl (C=O) groups is 2. The largest absolute Gasteiger partial charge is 1.00 e. The van der Waals surface area contributed by atoms with Gasteiger partial charge in [0, 0.05) is 10.8 Å². The Balaban J connectivity index is -0.000000686. The maximum absolute atomic E-state index is 11.8. The van der Waals surface area contributed by atoms with Crippen LogP contribution in [0.25, 0.3) is 21.5 Å². The number of carbonyl (C=O) groups excluding carboxylic acids is 4. The van der Waals surface area contributed by atoms with Crippen LogP contribution in [-0.4, -0.2) is 18.5 Å². The standard InChI is InChI=1S/C14H6N2O6.C12H6N2O2.CO2.4Na/c15-5-9-10(6-16)12(22-14(19)20)8-4-2-1-3-7(8)11(9)21-13(17)18;13-5-9-10(6-14)12(16)8-4-2-1-3-7(8)11(9)15;2-1-3;;;;/h1-4H,(H,17,18)(H,19,20);1-4,15-16H;;;;;/q;;;4*+1/p-4. The number of rotatable bonds is 2. The van der Waals surface area contributed by atoms with Gasteiger partial charge in [-0.15, -0.1) is 0 Å². The number of fused-ring (bicyclic) bond motifs is 2. The number of nitrogens with zero attached hydrogens (tertiary/aromatic N) is 4. The van der Waals surface area contributed by atoms with Gasteiger partial charge in [0.1, 0.15) is 12.1 Å². The fourth-order valence-electron chi connectivity index (χ4n) is 3.56. The average Bonchev–Trinajstić information content (AvgIpc) is 2.96. The summed E-state index contributed by atoms with van der Waals surface area (Å²) >= 11 is 0. The van der Waals surface area contributed by atoms with Crippen LogP contribution in [0.2, 0.25) is 0 Å². The van der Waals surface area contributed by atoms with E-state index in [1.54, 1.807) is 36.4 Å². The number of ether oxygens (including phenoxy) is 2. The number of benzene rings is 4. The maximum atomic E-state index is 11.8. The Hall–Kier alpha value is -3.12. The molecule has 0 atom stereocenters. The Kier molecular flexibility index (Phi) is 23.0. The Morgan fingerprint density at radius 3 is 1.00 bits per heavy atom. The number of nitriles is 4. The molecule has 4 aromatic rings. The molecule has 0 fully saturated rings. The van der Waals surface area contributed by atoms with Gasteiger partial charge in [-0.2, -0.15) is 30.6 Å². The first-order valence-electron chi connectivity index (χ1n) is 10.5. The molecular formula is C27H8N4Na4O10. The van der Waals surface area contributed by atoms with Crippen molar-refractivity contribution < 1.29 is 167 Å². The molecule has 0 spiro atoms. The van der Waals surface area contributed by atoms with E-state index >= 15 is 0 Å². The van der Waals surface area contributed by atoms with Crippen molar-refractivity contribution in [3.8, 4) is 47.3 Å². The summed E-state index contributed by atoms with van der Waals surface area (Å²) in [6.07, 6.45) is -3.61. The fraction of sp³-hybridized carbons (Fsp3) is 0. The first kappa shape index (κ1) is 46.3. The molecule has 0 aliphatic heterocycles. The van der Waals surface area contributed by atoms with Gasteiger partial charge in [0.25, 0.3) is 12.3 Å². The van der Waals surface area contributed by atoms with E-state index in [9.17, 15) is 30.0 Å². The second-order valence-corrected chi connectivity index (χ2v) is 7.14. The molecule has 0 bridgehead atoms. The Labute approximate surface area is 342 Å². The summed E-state index contributed by atoms with van der Waals surface area (Å²) in [7, 11) is 0. The van der Waals surface area contributed by atoms with Crippen LogP contribution in [0.1, 0.15) is 22.3 Å². The van der Waals surface area contributed by atoms with Crippen molar-refractivity contribution >= 4 is 40.0 Å². The van der Waals surface area contributed by atoms with Crippen molar-refractivity contribution in [2.45, 2.75) is 0 Å². The second-order valence-electron chi connectivity index (χ2n) is 7.14. The van der Waals surface area contributed by atoms with Crippen LogP contribution in [0.3, 0.4) is 0 Å². The van der Waals surface area contributed by atoms with Gasteiger partial charge < -0.3 is 39.5 Å².